The van der Waals surface area contributed by atoms with Gasteiger partial charge in [0, 0.05) is 20.5 Å². The molecule has 0 saturated heterocycles. The van der Waals surface area contributed by atoms with Crippen LogP contribution in [0.15, 0.2) is 42.2 Å². The number of ether oxygens (including phenoxy) is 1. The third-order valence-corrected chi connectivity index (χ3v) is 5.77. The molecular formula is C20H21ClN2O3S. The van der Waals surface area contributed by atoms with Crippen LogP contribution in [0.1, 0.15) is 30.5 Å². The van der Waals surface area contributed by atoms with Crippen LogP contribution in [-0.4, -0.2) is 29.0 Å². The maximum Gasteiger partial charge on any atom is 0.262 e. The van der Waals surface area contributed by atoms with E-state index in [1.54, 1.807) is 45.0 Å². The predicted molar refractivity (Wildman–Crippen MR) is 109 cm³/mol. The van der Waals surface area contributed by atoms with E-state index in [1.165, 1.54) is 16.2 Å². The number of rotatable bonds is 4. The van der Waals surface area contributed by atoms with Crippen molar-refractivity contribution >= 4 is 46.0 Å². The molecule has 3 rings (SSSR count). The SMILES string of the molecule is CC1=C(c2ccc(C)s2)C(=O)N(C(C)(C)C(=O)Nc2cccc(Cl)c2)CO1. The third-order valence-electron chi connectivity index (χ3n) is 4.52. The molecule has 27 heavy (non-hydrogen) atoms. The van der Waals surface area contributed by atoms with Crippen LogP contribution in [0, 0.1) is 6.92 Å². The Morgan fingerprint density at radius 2 is 2.00 bits per heavy atom. The van der Waals surface area contributed by atoms with Crippen LogP contribution < -0.4 is 5.32 Å². The molecule has 1 aliphatic heterocycles. The molecule has 0 spiro atoms. The lowest BCUT2D eigenvalue weighted by Crippen LogP contribution is -2.57. The predicted octanol–water partition coefficient (Wildman–Crippen LogP) is 4.67. The molecule has 1 N–H and O–H groups in total. The van der Waals surface area contributed by atoms with Crippen LogP contribution in [-0.2, 0) is 14.3 Å². The van der Waals surface area contributed by atoms with Crippen molar-refractivity contribution < 1.29 is 14.3 Å². The Kier molecular flexibility index (Phi) is 5.31. The first kappa shape index (κ1) is 19.5. The second-order valence-electron chi connectivity index (χ2n) is 6.87. The first-order chi connectivity index (χ1) is 12.7. The zero-order chi connectivity index (χ0) is 19.8. The van der Waals surface area contributed by atoms with Crippen molar-refractivity contribution in [1.29, 1.82) is 0 Å². The van der Waals surface area contributed by atoms with Crippen molar-refractivity contribution in [2.24, 2.45) is 0 Å². The highest BCUT2D eigenvalue weighted by Crippen LogP contribution is 2.34. The van der Waals surface area contributed by atoms with Gasteiger partial charge in [-0.2, -0.15) is 0 Å². The van der Waals surface area contributed by atoms with Gasteiger partial charge in [0.2, 0.25) is 5.91 Å². The lowest BCUT2D eigenvalue weighted by Gasteiger charge is -2.40. The summed E-state index contributed by atoms with van der Waals surface area (Å²) in [5, 5.41) is 3.35. The fourth-order valence-corrected chi connectivity index (χ4v) is 3.96. The molecule has 1 aliphatic rings. The molecular weight excluding hydrogens is 384 g/mol. The van der Waals surface area contributed by atoms with Gasteiger partial charge >= 0.3 is 0 Å². The maximum absolute atomic E-state index is 13.2. The van der Waals surface area contributed by atoms with Gasteiger partial charge in [-0.25, -0.2) is 0 Å². The van der Waals surface area contributed by atoms with Gasteiger partial charge in [-0.15, -0.1) is 11.3 Å². The Bertz CT molecular complexity index is 933. The number of carbonyl (C=O) groups is 2. The zero-order valence-corrected chi connectivity index (χ0v) is 17.2. The number of amides is 2. The average Bonchev–Trinajstić information content (AvgIpc) is 3.00. The minimum absolute atomic E-state index is 0.0223. The van der Waals surface area contributed by atoms with Crippen LogP contribution in [0.4, 0.5) is 5.69 Å². The molecule has 2 heterocycles. The van der Waals surface area contributed by atoms with Crippen molar-refractivity contribution in [2.75, 3.05) is 12.0 Å². The van der Waals surface area contributed by atoms with Gasteiger partial charge in [-0.05, 0) is 58.0 Å². The number of halogens is 1. The first-order valence-electron chi connectivity index (χ1n) is 8.49. The van der Waals surface area contributed by atoms with Gasteiger partial charge < -0.3 is 10.1 Å². The zero-order valence-electron chi connectivity index (χ0n) is 15.6. The average molecular weight is 405 g/mol. The molecule has 0 saturated carbocycles. The number of thiophene rings is 1. The van der Waals surface area contributed by atoms with E-state index < -0.39 is 5.54 Å². The molecule has 0 unspecified atom stereocenters. The minimum Gasteiger partial charge on any atom is -0.477 e. The molecule has 7 heteroatoms. The van der Waals surface area contributed by atoms with Gasteiger partial charge in [0.25, 0.3) is 5.91 Å². The summed E-state index contributed by atoms with van der Waals surface area (Å²) >= 11 is 7.51. The highest BCUT2D eigenvalue weighted by Gasteiger charge is 2.42. The summed E-state index contributed by atoms with van der Waals surface area (Å²) in [6.07, 6.45) is 0. The third kappa shape index (κ3) is 3.87. The Balaban J connectivity index is 1.86. The molecule has 5 nitrogen and oxygen atoms in total. The number of nitrogens with one attached hydrogen (secondary N) is 1. The molecule has 1 aromatic heterocycles. The monoisotopic (exact) mass is 404 g/mol. The van der Waals surface area contributed by atoms with E-state index in [-0.39, 0.29) is 18.5 Å². The largest absolute Gasteiger partial charge is 0.477 e. The first-order valence-corrected chi connectivity index (χ1v) is 9.69. The number of hydrogen-bond acceptors (Lipinski definition) is 4. The van der Waals surface area contributed by atoms with Crippen LogP contribution in [0.2, 0.25) is 5.02 Å². The lowest BCUT2D eigenvalue weighted by atomic mass is 9.99. The summed E-state index contributed by atoms with van der Waals surface area (Å²) in [5.41, 5.74) is -0.0350. The van der Waals surface area contributed by atoms with Gasteiger partial charge in [-0.1, -0.05) is 17.7 Å². The Hall–Kier alpha value is -2.31. The van der Waals surface area contributed by atoms with E-state index in [0.29, 0.717) is 22.0 Å². The topological polar surface area (TPSA) is 58.6 Å². The van der Waals surface area contributed by atoms with Gasteiger partial charge in [-0.3, -0.25) is 14.5 Å². The van der Waals surface area contributed by atoms with Crippen LogP contribution in [0.25, 0.3) is 5.57 Å². The fraction of sp³-hybridized carbons (Fsp3) is 0.300. The number of benzene rings is 1. The summed E-state index contributed by atoms with van der Waals surface area (Å²) in [4.78, 5) is 29.5. The molecule has 0 bridgehead atoms. The second-order valence-corrected chi connectivity index (χ2v) is 8.60. The summed E-state index contributed by atoms with van der Waals surface area (Å²) in [6.45, 7) is 7.18. The van der Waals surface area contributed by atoms with E-state index in [2.05, 4.69) is 5.32 Å². The molecule has 0 atom stereocenters. The molecule has 0 aliphatic carbocycles. The molecule has 2 aromatic rings. The number of allylic oxidation sites excluding steroid dienone is 1. The van der Waals surface area contributed by atoms with E-state index in [9.17, 15) is 9.59 Å². The summed E-state index contributed by atoms with van der Waals surface area (Å²) in [5.74, 6) is 0.0407. The summed E-state index contributed by atoms with van der Waals surface area (Å²) in [7, 11) is 0. The van der Waals surface area contributed by atoms with Crippen molar-refractivity contribution in [3.05, 3.63) is 56.9 Å². The molecule has 142 valence electrons. The van der Waals surface area contributed by atoms with Crippen LogP contribution in [0.3, 0.4) is 0 Å². The molecule has 0 radical (unpaired) electrons. The molecule has 0 fully saturated rings. The number of nitrogens with zero attached hydrogens (tertiary/aromatic N) is 1. The van der Waals surface area contributed by atoms with E-state index in [4.69, 9.17) is 16.3 Å². The standard InChI is InChI=1S/C20H21ClN2O3S/c1-12-8-9-16(27-12)17-13(2)26-11-23(18(17)24)20(3,4)19(25)22-15-7-5-6-14(21)10-15/h5-10H,11H2,1-4H3,(H,22,25). The lowest BCUT2D eigenvalue weighted by molar-refractivity contribution is -0.147. The Morgan fingerprint density at radius 3 is 2.63 bits per heavy atom. The minimum atomic E-state index is -1.11. The Labute approximate surface area is 167 Å². The molecule has 1 aromatic carbocycles. The quantitative estimate of drug-likeness (QED) is 0.805. The van der Waals surface area contributed by atoms with Gasteiger partial charge in [0.15, 0.2) is 6.73 Å². The van der Waals surface area contributed by atoms with Crippen LogP contribution >= 0.6 is 22.9 Å². The smallest absolute Gasteiger partial charge is 0.262 e. The van der Waals surface area contributed by atoms with Gasteiger partial charge in [0.1, 0.15) is 11.3 Å². The van der Waals surface area contributed by atoms with Crippen molar-refractivity contribution in [3.8, 4) is 0 Å². The van der Waals surface area contributed by atoms with Crippen molar-refractivity contribution in [3.63, 3.8) is 0 Å². The van der Waals surface area contributed by atoms with E-state index in [0.717, 1.165) is 9.75 Å². The summed E-state index contributed by atoms with van der Waals surface area (Å²) < 4.78 is 5.73. The number of anilines is 1. The number of aryl methyl sites for hydroxylation is 1. The van der Waals surface area contributed by atoms with E-state index in [1.807, 2.05) is 19.1 Å². The normalized spacial score (nSPS) is 15.0. The van der Waals surface area contributed by atoms with Crippen molar-refractivity contribution in [2.45, 2.75) is 33.2 Å². The number of hydrogen-bond donors (Lipinski definition) is 1. The van der Waals surface area contributed by atoms with Crippen molar-refractivity contribution in [1.82, 2.24) is 4.90 Å². The molecule has 2 amide bonds. The second kappa shape index (κ2) is 7.37. The highest BCUT2D eigenvalue weighted by atomic mass is 35.5. The van der Waals surface area contributed by atoms with E-state index >= 15 is 0 Å². The highest BCUT2D eigenvalue weighted by molar-refractivity contribution is 7.13. The fourth-order valence-electron chi connectivity index (χ4n) is 2.81. The van der Waals surface area contributed by atoms with Crippen LogP contribution in [0.5, 0.6) is 0 Å². The van der Waals surface area contributed by atoms with Gasteiger partial charge in [0.05, 0.1) is 5.57 Å². The maximum atomic E-state index is 13.2. The number of carbonyl (C=O) groups excluding carboxylic acids is 2. The summed E-state index contributed by atoms with van der Waals surface area (Å²) in [6, 6.07) is 10.8. The Morgan fingerprint density at radius 1 is 1.26 bits per heavy atom.